The summed E-state index contributed by atoms with van der Waals surface area (Å²) < 4.78 is 0. The average Bonchev–Trinajstić information content (AvgIpc) is 2.68. The molecule has 0 aliphatic heterocycles. The number of hydrogen-bond donors (Lipinski definition) is 1. The maximum Gasteiger partial charge on any atom is 0.269 e. The third-order valence-electron chi connectivity index (χ3n) is 3.88. The first-order valence-corrected chi connectivity index (χ1v) is 7.86. The van der Waals surface area contributed by atoms with Gasteiger partial charge in [0.1, 0.15) is 23.0 Å². The highest BCUT2D eigenvalue weighted by Crippen LogP contribution is 2.37. The summed E-state index contributed by atoms with van der Waals surface area (Å²) in [5.74, 6) is -0.372. The number of nitro groups is 1. The minimum atomic E-state index is -0.498. The van der Waals surface area contributed by atoms with Crippen LogP contribution in [0.2, 0.25) is 0 Å². The lowest BCUT2D eigenvalue weighted by Crippen LogP contribution is -1.93. The molecule has 0 fully saturated rings. The number of aromatic nitrogens is 1. The van der Waals surface area contributed by atoms with Gasteiger partial charge < -0.3 is 5.11 Å². The molecule has 0 unspecified atom stereocenters. The van der Waals surface area contributed by atoms with Crippen molar-refractivity contribution in [1.29, 1.82) is 5.26 Å². The summed E-state index contributed by atoms with van der Waals surface area (Å²) in [5.41, 5.74) is 2.25. The Morgan fingerprint density at radius 2 is 1.78 bits per heavy atom. The Morgan fingerprint density at radius 1 is 1.11 bits per heavy atom. The quantitative estimate of drug-likeness (QED) is 0.400. The van der Waals surface area contributed by atoms with Gasteiger partial charge in [0, 0.05) is 23.3 Å². The van der Waals surface area contributed by atoms with E-state index in [1.54, 1.807) is 19.1 Å². The van der Waals surface area contributed by atoms with Gasteiger partial charge in [-0.05, 0) is 19.1 Å². The van der Waals surface area contributed by atoms with E-state index in [0.717, 1.165) is 0 Å². The van der Waals surface area contributed by atoms with Crippen LogP contribution in [0.1, 0.15) is 11.1 Å². The summed E-state index contributed by atoms with van der Waals surface area (Å²) in [7, 11) is 0. The lowest BCUT2D eigenvalue weighted by Gasteiger charge is -2.10. The molecule has 0 radical (unpaired) electrons. The number of aromatic hydroxyl groups is 1. The Hall–Kier alpha value is -4.12. The highest BCUT2D eigenvalue weighted by Gasteiger charge is 2.18. The summed E-state index contributed by atoms with van der Waals surface area (Å²) in [5, 5.41) is 38.4. The molecule has 0 bridgehead atoms. The van der Waals surface area contributed by atoms with Crippen LogP contribution in [0.25, 0.3) is 11.3 Å². The molecule has 2 aromatic carbocycles. The zero-order valence-electron chi connectivity index (χ0n) is 14.2. The van der Waals surface area contributed by atoms with Crippen molar-refractivity contribution in [3.05, 3.63) is 75.8 Å². The number of nitriles is 1. The summed E-state index contributed by atoms with van der Waals surface area (Å²) in [6, 6.07) is 16.6. The van der Waals surface area contributed by atoms with Crippen LogP contribution in [-0.2, 0) is 0 Å². The second-order valence-electron chi connectivity index (χ2n) is 5.58. The smallest absolute Gasteiger partial charge is 0.269 e. The highest BCUT2D eigenvalue weighted by molar-refractivity contribution is 5.77. The van der Waals surface area contributed by atoms with Crippen molar-refractivity contribution in [3.63, 3.8) is 0 Å². The van der Waals surface area contributed by atoms with Gasteiger partial charge in [-0.1, -0.05) is 30.3 Å². The summed E-state index contributed by atoms with van der Waals surface area (Å²) >= 11 is 0. The highest BCUT2D eigenvalue weighted by atomic mass is 16.6. The fraction of sp³-hybridized carbons (Fsp3) is 0.0526. The van der Waals surface area contributed by atoms with Gasteiger partial charge in [-0.15, -0.1) is 5.11 Å². The van der Waals surface area contributed by atoms with E-state index in [0.29, 0.717) is 28.2 Å². The number of pyridine rings is 1. The molecular weight excluding hydrogens is 346 g/mol. The second kappa shape index (κ2) is 7.41. The number of nitro benzene ring substituents is 1. The normalized spacial score (nSPS) is 10.7. The van der Waals surface area contributed by atoms with Crippen molar-refractivity contribution in [2.75, 3.05) is 0 Å². The minimum absolute atomic E-state index is 0.0207. The molecule has 8 heteroatoms. The van der Waals surface area contributed by atoms with E-state index in [4.69, 9.17) is 0 Å². The fourth-order valence-electron chi connectivity index (χ4n) is 2.48. The average molecular weight is 359 g/mol. The predicted octanol–water partition coefficient (Wildman–Crippen LogP) is 4.96. The molecule has 0 saturated heterocycles. The van der Waals surface area contributed by atoms with Crippen LogP contribution >= 0.6 is 0 Å². The number of non-ortho nitro benzene ring substituents is 1. The van der Waals surface area contributed by atoms with Gasteiger partial charge in [-0.3, -0.25) is 10.1 Å². The Kier molecular flexibility index (Phi) is 4.86. The van der Waals surface area contributed by atoms with Crippen LogP contribution in [0.15, 0.2) is 64.8 Å². The standard InChI is InChI=1S/C19H13N5O3/c1-12-16(11-20)19(25)21-18(13-5-3-2-4-6-13)17(12)23-22-14-7-9-15(10-8-14)24(26)27/h2-10H,1H3,(H,21,25). The third kappa shape index (κ3) is 3.62. The van der Waals surface area contributed by atoms with Crippen LogP contribution in [0.5, 0.6) is 5.88 Å². The van der Waals surface area contributed by atoms with Crippen molar-refractivity contribution in [2.24, 2.45) is 10.2 Å². The lowest BCUT2D eigenvalue weighted by molar-refractivity contribution is -0.384. The zero-order valence-corrected chi connectivity index (χ0v) is 14.2. The Labute approximate surface area is 154 Å². The van der Waals surface area contributed by atoms with Crippen molar-refractivity contribution in [3.8, 4) is 23.2 Å². The van der Waals surface area contributed by atoms with Crippen molar-refractivity contribution >= 4 is 17.1 Å². The molecule has 3 rings (SSSR count). The van der Waals surface area contributed by atoms with Gasteiger partial charge in [0.2, 0.25) is 5.88 Å². The van der Waals surface area contributed by atoms with Gasteiger partial charge in [0.05, 0.1) is 10.6 Å². The number of hydrogen-bond acceptors (Lipinski definition) is 7. The van der Waals surface area contributed by atoms with Gasteiger partial charge in [0.25, 0.3) is 5.69 Å². The van der Waals surface area contributed by atoms with Crippen LogP contribution in [-0.4, -0.2) is 15.0 Å². The molecule has 0 aliphatic rings. The molecule has 1 N–H and O–H groups in total. The molecule has 0 aliphatic carbocycles. The molecule has 132 valence electrons. The predicted molar refractivity (Wildman–Crippen MR) is 98.1 cm³/mol. The molecular formula is C19H13N5O3. The van der Waals surface area contributed by atoms with Crippen LogP contribution in [0, 0.1) is 28.4 Å². The SMILES string of the molecule is Cc1c(C#N)c(O)nc(-c2ccccc2)c1N=Nc1ccc([N+](=O)[O-])cc1. The summed E-state index contributed by atoms with van der Waals surface area (Å²) in [6.45, 7) is 1.65. The Morgan fingerprint density at radius 3 is 2.37 bits per heavy atom. The number of benzene rings is 2. The third-order valence-corrected chi connectivity index (χ3v) is 3.88. The molecule has 27 heavy (non-hydrogen) atoms. The van der Waals surface area contributed by atoms with E-state index in [1.807, 2.05) is 24.3 Å². The zero-order chi connectivity index (χ0) is 19.4. The molecule has 1 aromatic heterocycles. The number of nitrogens with zero attached hydrogens (tertiary/aromatic N) is 5. The van der Waals surface area contributed by atoms with E-state index in [9.17, 15) is 20.5 Å². The second-order valence-corrected chi connectivity index (χ2v) is 5.58. The molecule has 0 spiro atoms. The topological polar surface area (TPSA) is 125 Å². The van der Waals surface area contributed by atoms with Crippen LogP contribution in [0.4, 0.5) is 17.1 Å². The first-order chi connectivity index (χ1) is 13.0. The number of azo groups is 1. The maximum atomic E-state index is 10.7. The minimum Gasteiger partial charge on any atom is -0.492 e. The van der Waals surface area contributed by atoms with E-state index < -0.39 is 4.92 Å². The molecule has 1 heterocycles. The van der Waals surface area contributed by atoms with Crippen molar-refractivity contribution < 1.29 is 10.0 Å². The van der Waals surface area contributed by atoms with Crippen LogP contribution in [0.3, 0.4) is 0 Å². The van der Waals surface area contributed by atoms with Crippen molar-refractivity contribution in [2.45, 2.75) is 6.92 Å². The van der Waals surface area contributed by atoms with Gasteiger partial charge in [-0.2, -0.15) is 10.4 Å². The van der Waals surface area contributed by atoms with Gasteiger partial charge >= 0.3 is 0 Å². The van der Waals surface area contributed by atoms with E-state index in [-0.39, 0.29) is 17.1 Å². The summed E-state index contributed by atoms with van der Waals surface area (Å²) in [4.78, 5) is 14.3. The molecule has 0 saturated carbocycles. The molecule has 8 nitrogen and oxygen atoms in total. The maximum absolute atomic E-state index is 10.7. The fourth-order valence-corrected chi connectivity index (χ4v) is 2.48. The Balaban J connectivity index is 2.10. The molecule has 3 aromatic rings. The number of rotatable bonds is 4. The van der Waals surface area contributed by atoms with Gasteiger partial charge in [0.15, 0.2) is 0 Å². The first-order valence-electron chi connectivity index (χ1n) is 7.86. The first kappa shape index (κ1) is 17.7. The monoisotopic (exact) mass is 359 g/mol. The lowest BCUT2D eigenvalue weighted by atomic mass is 10.0. The Bertz CT molecular complexity index is 1070. The van der Waals surface area contributed by atoms with E-state index in [2.05, 4.69) is 15.2 Å². The largest absolute Gasteiger partial charge is 0.492 e. The van der Waals surface area contributed by atoms with E-state index >= 15 is 0 Å². The molecule has 0 atom stereocenters. The van der Waals surface area contributed by atoms with Crippen LogP contribution < -0.4 is 0 Å². The van der Waals surface area contributed by atoms with Gasteiger partial charge in [-0.25, -0.2) is 4.98 Å². The van der Waals surface area contributed by atoms with E-state index in [1.165, 1.54) is 24.3 Å². The summed E-state index contributed by atoms with van der Waals surface area (Å²) in [6.07, 6.45) is 0. The van der Waals surface area contributed by atoms with Crippen molar-refractivity contribution in [1.82, 2.24) is 4.98 Å². The molecule has 0 amide bonds.